The third kappa shape index (κ3) is 2.97. The molecule has 2 heterocycles. The molecule has 92 valence electrons. The van der Waals surface area contributed by atoms with E-state index in [1.54, 1.807) is 11.3 Å². The number of rotatable bonds is 5. The molecule has 0 bridgehead atoms. The van der Waals surface area contributed by atoms with E-state index in [0.29, 0.717) is 0 Å². The summed E-state index contributed by atoms with van der Waals surface area (Å²) in [4.78, 5) is 1.36. The van der Waals surface area contributed by atoms with E-state index in [-0.39, 0.29) is 0 Å². The van der Waals surface area contributed by atoms with Gasteiger partial charge in [-0.25, -0.2) is 0 Å². The molecule has 0 aliphatic rings. The summed E-state index contributed by atoms with van der Waals surface area (Å²) in [6, 6.07) is 4.23. The molecule has 0 aliphatic carbocycles. The number of nitrogens with one attached hydrogen (secondary N) is 1. The maximum absolute atomic E-state index is 4.48. The molecule has 2 rings (SSSR count). The van der Waals surface area contributed by atoms with Gasteiger partial charge >= 0.3 is 0 Å². The SMILES string of the molecule is CCn1nc(C)c(Br)c1CNCc1cccs1. The number of nitrogens with zero attached hydrogens (tertiary/aromatic N) is 2. The normalized spacial score (nSPS) is 11.0. The van der Waals surface area contributed by atoms with Gasteiger partial charge < -0.3 is 5.32 Å². The highest BCUT2D eigenvalue weighted by Crippen LogP contribution is 2.21. The summed E-state index contributed by atoms with van der Waals surface area (Å²) in [6.07, 6.45) is 0. The minimum atomic E-state index is 0.840. The molecule has 0 amide bonds. The van der Waals surface area contributed by atoms with Crippen molar-refractivity contribution in [2.75, 3.05) is 0 Å². The van der Waals surface area contributed by atoms with Crippen molar-refractivity contribution < 1.29 is 0 Å². The summed E-state index contributed by atoms with van der Waals surface area (Å²) < 4.78 is 3.17. The predicted molar refractivity (Wildman–Crippen MR) is 75.2 cm³/mol. The zero-order valence-corrected chi connectivity index (χ0v) is 12.4. The lowest BCUT2D eigenvalue weighted by Crippen LogP contribution is -2.15. The number of aryl methyl sites for hydroxylation is 2. The zero-order chi connectivity index (χ0) is 12.3. The van der Waals surface area contributed by atoms with Gasteiger partial charge in [-0.1, -0.05) is 6.07 Å². The van der Waals surface area contributed by atoms with Crippen LogP contribution in [0.4, 0.5) is 0 Å². The molecule has 0 radical (unpaired) electrons. The first-order valence-corrected chi connectivity index (χ1v) is 7.34. The van der Waals surface area contributed by atoms with Gasteiger partial charge in [0, 0.05) is 24.5 Å². The molecule has 17 heavy (non-hydrogen) atoms. The smallest absolute Gasteiger partial charge is 0.0739 e. The third-order valence-electron chi connectivity index (χ3n) is 2.62. The second kappa shape index (κ2) is 5.80. The molecule has 0 saturated heterocycles. The van der Waals surface area contributed by atoms with E-state index in [1.165, 1.54) is 10.6 Å². The first kappa shape index (κ1) is 12.8. The second-order valence-electron chi connectivity index (χ2n) is 3.84. The van der Waals surface area contributed by atoms with E-state index in [9.17, 15) is 0 Å². The minimum Gasteiger partial charge on any atom is -0.306 e. The number of aromatic nitrogens is 2. The number of thiophene rings is 1. The summed E-state index contributed by atoms with van der Waals surface area (Å²) in [5.74, 6) is 0. The van der Waals surface area contributed by atoms with Crippen LogP contribution >= 0.6 is 27.3 Å². The highest BCUT2D eigenvalue weighted by atomic mass is 79.9. The Bertz CT molecular complexity index is 476. The van der Waals surface area contributed by atoms with E-state index in [0.717, 1.165) is 29.8 Å². The molecule has 5 heteroatoms. The van der Waals surface area contributed by atoms with Crippen molar-refractivity contribution in [2.45, 2.75) is 33.5 Å². The van der Waals surface area contributed by atoms with Crippen molar-refractivity contribution in [3.8, 4) is 0 Å². The zero-order valence-electron chi connectivity index (χ0n) is 10.0. The van der Waals surface area contributed by atoms with E-state index in [2.05, 4.69) is 50.8 Å². The Balaban J connectivity index is 1.98. The fraction of sp³-hybridized carbons (Fsp3) is 0.417. The van der Waals surface area contributed by atoms with Crippen molar-refractivity contribution in [1.29, 1.82) is 0 Å². The molecular formula is C12H16BrN3S. The summed E-state index contributed by atoms with van der Waals surface area (Å²) in [5.41, 5.74) is 2.28. The van der Waals surface area contributed by atoms with Gasteiger partial charge in [0.15, 0.2) is 0 Å². The molecule has 0 saturated carbocycles. The summed E-state index contributed by atoms with van der Waals surface area (Å²) in [5, 5.41) is 10.0. The largest absolute Gasteiger partial charge is 0.306 e. The van der Waals surface area contributed by atoms with Crippen LogP contribution in [0.5, 0.6) is 0 Å². The van der Waals surface area contributed by atoms with Gasteiger partial charge in [-0.05, 0) is 41.2 Å². The lowest BCUT2D eigenvalue weighted by molar-refractivity contribution is 0.579. The van der Waals surface area contributed by atoms with Crippen molar-refractivity contribution in [2.24, 2.45) is 0 Å². The van der Waals surface area contributed by atoms with Gasteiger partial charge in [-0.3, -0.25) is 4.68 Å². The minimum absolute atomic E-state index is 0.840. The molecule has 2 aromatic rings. The summed E-state index contributed by atoms with van der Waals surface area (Å²) in [7, 11) is 0. The fourth-order valence-corrected chi connectivity index (χ4v) is 2.85. The maximum Gasteiger partial charge on any atom is 0.0739 e. The quantitative estimate of drug-likeness (QED) is 0.917. The summed E-state index contributed by atoms with van der Waals surface area (Å²) >= 11 is 5.38. The molecule has 0 fully saturated rings. The first-order valence-electron chi connectivity index (χ1n) is 5.67. The molecular weight excluding hydrogens is 298 g/mol. The molecule has 2 aromatic heterocycles. The lowest BCUT2D eigenvalue weighted by Gasteiger charge is -2.06. The highest BCUT2D eigenvalue weighted by Gasteiger charge is 2.11. The Morgan fingerprint density at radius 3 is 2.94 bits per heavy atom. The Hall–Kier alpha value is -0.650. The van der Waals surface area contributed by atoms with Gasteiger partial charge in [0.1, 0.15) is 0 Å². The van der Waals surface area contributed by atoms with Crippen LogP contribution in [0, 0.1) is 6.92 Å². The topological polar surface area (TPSA) is 29.9 Å². The van der Waals surface area contributed by atoms with Crippen LogP contribution in [0.3, 0.4) is 0 Å². The number of hydrogen-bond donors (Lipinski definition) is 1. The van der Waals surface area contributed by atoms with E-state index < -0.39 is 0 Å². The van der Waals surface area contributed by atoms with Gasteiger partial charge in [-0.15, -0.1) is 11.3 Å². The monoisotopic (exact) mass is 313 g/mol. The van der Waals surface area contributed by atoms with Crippen LogP contribution in [-0.2, 0) is 19.6 Å². The Kier molecular flexibility index (Phi) is 4.36. The maximum atomic E-state index is 4.48. The van der Waals surface area contributed by atoms with Crippen LogP contribution in [0.2, 0.25) is 0 Å². The van der Waals surface area contributed by atoms with Crippen LogP contribution in [0.1, 0.15) is 23.2 Å². The molecule has 0 unspecified atom stereocenters. The summed E-state index contributed by atoms with van der Waals surface area (Å²) in [6.45, 7) is 6.80. The Labute approximate surface area is 114 Å². The fourth-order valence-electron chi connectivity index (χ4n) is 1.76. The third-order valence-corrected chi connectivity index (χ3v) is 4.53. The Morgan fingerprint density at radius 2 is 2.29 bits per heavy atom. The standard InChI is InChI=1S/C12H16BrN3S/c1-3-16-11(12(13)9(2)15-16)8-14-7-10-5-4-6-17-10/h4-6,14H,3,7-8H2,1-2H3. The molecule has 0 atom stereocenters. The second-order valence-corrected chi connectivity index (χ2v) is 5.67. The van der Waals surface area contributed by atoms with Gasteiger partial charge in [0.05, 0.1) is 15.9 Å². The van der Waals surface area contributed by atoms with E-state index in [1.807, 2.05) is 11.6 Å². The molecule has 0 aromatic carbocycles. The van der Waals surface area contributed by atoms with E-state index >= 15 is 0 Å². The molecule has 0 aliphatic heterocycles. The average Bonchev–Trinajstić information content (AvgIpc) is 2.92. The van der Waals surface area contributed by atoms with Gasteiger partial charge in [-0.2, -0.15) is 5.10 Å². The van der Waals surface area contributed by atoms with Gasteiger partial charge in [0.2, 0.25) is 0 Å². The van der Waals surface area contributed by atoms with Crippen molar-refractivity contribution >= 4 is 27.3 Å². The van der Waals surface area contributed by atoms with Crippen LogP contribution in [-0.4, -0.2) is 9.78 Å². The van der Waals surface area contributed by atoms with Crippen molar-refractivity contribution in [3.63, 3.8) is 0 Å². The molecule has 3 nitrogen and oxygen atoms in total. The lowest BCUT2D eigenvalue weighted by atomic mass is 10.3. The van der Waals surface area contributed by atoms with Gasteiger partial charge in [0.25, 0.3) is 0 Å². The average molecular weight is 314 g/mol. The van der Waals surface area contributed by atoms with Crippen LogP contribution in [0.15, 0.2) is 22.0 Å². The number of halogens is 1. The molecule has 1 N–H and O–H groups in total. The van der Waals surface area contributed by atoms with Crippen molar-refractivity contribution in [1.82, 2.24) is 15.1 Å². The predicted octanol–water partition coefficient (Wildman–Crippen LogP) is 3.33. The Morgan fingerprint density at radius 1 is 1.47 bits per heavy atom. The first-order chi connectivity index (χ1) is 8.22. The molecule has 0 spiro atoms. The van der Waals surface area contributed by atoms with Crippen LogP contribution < -0.4 is 5.32 Å². The van der Waals surface area contributed by atoms with E-state index in [4.69, 9.17) is 0 Å². The number of hydrogen-bond acceptors (Lipinski definition) is 3. The van der Waals surface area contributed by atoms with Crippen LogP contribution in [0.25, 0.3) is 0 Å². The highest BCUT2D eigenvalue weighted by molar-refractivity contribution is 9.10. The van der Waals surface area contributed by atoms with Crippen molar-refractivity contribution in [3.05, 3.63) is 38.3 Å².